The van der Waals surface area contributed by atoms with Gasteiger partial charge in [0.05, 0.1) is 11.4 Å². The topological polar surface area (TPSA) is 127 Å². The fraction of sp³-hybridized carbons (Fsp3) is 0.250. The van der Waals surface area contributed by atoms with Crippen molar-refractivity contribution in [2.45, 2.75) is 24.4 Å². The highest BCUT2D eigenvalue weighted by atomic mass is 32.2. The van der Waals surface area contributed by atoms with E-state index in [9.17, 15) is 18.8 Å². The Hall–Kier alpha value is -2.88. The average Bonchev–Trinajstić information content (AvgIpc) is 2.56. The molecule has 0 spiro atoms. The maximum Gasteiger partial charge on any atom is 0.349 e. The Balaban J connectivity index is 2.18. The van der Waals surface area contributed by atoms with Crippen LogP contribution in [-0.2, 0) is 16.1 Å². The molecule has 0 aliphatic heterocycles. The molecule has 10 heteroatoms. The van der Waals surface area contributed by atoms with E-state index in [4.69, 9.17) is 10.8 Å². The summed E-state index contributed by atoms with van der Waals surface area (Å²) in [7, 11) is 0. The highest BCUT2D eigenvalue weighted by Gasteiger charge is 2.19. The molecule has 1 atom stereocenters. The Labute approximate surface area is 152 Å². The Morgan fingerprint density at radius 3 is 2.62 bits per heavy atom. The van der Waals surface area contributed by atoms with Crippen LogP contribution >= 0.6 is 11.8 Å². The van der Waals surface area contributed by atoms with Crippen LogP contribution in [0.2, 0.25) is 0 Å². The monoisotopic (exact) mass is 380 g/mol. The molecule has 0 aliphatic carbocycles. The number of anilines is 1. The molecule has 0 bridgehead atoms. The van der Waals surface area contributed by atoms with Crippen LogP contribution in [0.25, 0.3) is 0 Å². The first kappa shape index (κ1) is 19.4. The van der Waals surface area contributed by atoms with Gasteiger partial charge in [0.25, 0.3) is 0 Å². The lowest BCUT2D eigenvalue weighted by molar-refractivity contribution is -0.140. The van der Waals surface area contributed by atoms with Crippen molar-refractivity contribution in [3.8, 4) is 0 Å². The molecule has 0 radical (unpaired) electrons. The second kappa shape index (κ2) is 8.48. The number of amides is 1. The average molecular weight is 380 g/mol. The molecule has 26 heavy (non-hydrogen) atoms. The molecule has 1 aromatic carbocycles. The molecule has 1 heterocycles. The number of carboxylic acids is 1. The molecule has 0 saturated carbocycles. The van der Waals surface area contributed by atoms with Gasteiger partial charge in [-0.25, -0.2) is 14.0 Å². The smallest absolute Gasteiger partial charge is 0.349 e. The largest absolute Gasteiger partial charge is 0.480 e. The Kier molecular flexibility index (Phi) is 6.34. The SMILES string of the molecule is CC(=O)N[C@@H](CSc1cn(Cc2ccc(F)cc2)c(=O)nc1N)C(=O)O. The van der Waals surface area contributed by atoms with Crippen molar-refractivity contribution < 1.29 is 19.1 Å². The number of benzene rings is 1. The summed E-state index contributed by atoms with van der Waals surface area (Å²) in [5, 5.41) is 11.4. The third-order valence-corrected chi connectivity index (χ3v) is 4.46. The van der Waals surface area contributed by atoms with Crippen molar-refractivity contribution in [1.82, 2.24) is 14.9 Å². The number of aromatic nitrogens is 2. The standard InChI is InChI=1S/C16H17FN4O4S/c1-9(22)19-12(15(23)24)8-26-13-7-21(16(25)20-14(13)18)6-10-2-4-11(17)5-3-10/h2-5,7,12H,6,8H2,1H3,(H,19,22)(H,23,24)(H2,18,20,25)/t12-/m0/s1. The van der Waals surface area contributed by atoms with E-state index in [0.717, 1.165) is 11.8 Å². The van der Waals surface area contributed by atoms with E-state index in [0.29, 0.717) is 10.5 Å². The summed E-state index contributed by atoms with van der Waals surface area (Å²) in [6, 6.07) is 4.55. The normalized spacial score (nSPS) is 11.8. The van der Waals surface area contributed by atoms with Gasteiger partial charge in [-0.15, -0.1) is 11.8 Å². The predicted octanol–water partition coefficient (Wildman–Crippen LogP) is 0.694. The van der Waals surface area contributed by atoms with E-state index in [1.807, 2.05) is 0 Å². The van der Waals surface area contributed by atoms with Gasteiger partial charge in [-0.1, -0.05) is 12.1 Å². The molecule has 0 aliphatic rings. The lowest BCUT2D eigenvalue weighted by Gasteiger charge is -2.14. The lowest BCUT2D eigenvalue weighted by atomic mass is 10.2. The van der Waals surface area contributed by atoms with Crippen LogP contribution < -0.4 is 16.7 Å². The zero-order chi connectivity index (χ0) is 19.3. The number of halogens is 1. The van der Waals surface area contributed by atoms with Gasteiger partial charge in [0, 0.05) is 18.9 Å². The molecule has 1 amide bonds. The summed E-state index contributed by atoms with van der Waals surface area (Å²) >= 11 is 1.06. The minimum atomic E-state index is -1.18. The summed E-state index contributed by atoms with van der Waals surface area (Å²) < 4.78 is 14.3. The number of nitrogens with zero attached hydrogens (tertiary/aromatic N) is 2. The molecule has 0 unspecified atom stereocenters. The van der Waals surface area contributed by atoms with Crippen LogP contribution in [0.15, 0.2) is 40.2 Å². The fourth-order valence-electron chi connectivity index (χ4n) is 2.09. The van der Waals surface area contributed by atoms with Gasteiger partial charge in [-0.2, -0.15) is 4.98 Å². The Morgan fingerprint density at radius 2 is 2.04 bits per heavy atom. The van der Waals surface area contributed by atoms with Crippen LogP contribution in [0.3, 0.4) is 0 Å². The molecule has 2 aromatic rings. The van der Waals surface area contributed by atoms with Gasteiger partial charge >= 0.3 is 11.7 Å². The number of hydrogen-bond acceptors (Lipinski definition) is 6. The number of rotatable bonds is 7. The first-order valence-electron chi connectivity index (χ1n) is 7.50. The van der Waals surface area contributed by atoms with E-state index in [-0.39, 0.29) is 23.9 Å². The molecule has 2 rings (SSSR count). The van der Waals surface area contributed by atoms with Crippen molar-refractivity contribution in [3.05, 3.63) is 52.3 Å². The molecule has 4 N–H and O–H groups in total. The summed E-state index contributed by atoms with van der Waals surface area (Å²) in [4.78, 5) is 38.4. The Morgan fingerprint density at radius 1 is 1.38 bits per heavy atom. The second-order valence-electron chi connectivity index (χ2n) is 5.43. The van der Waals surface area contributed by atoms with Gasteiger partial charge in [0.1, 0.15) is 17.7 Å². The van der Waals surface area contributed by atoms with Crippen molar-refractivity contribution in [2.24, 2.45) is 0 Å². The molecule has 0 saturated heterocycles. The predicted molar refractivity (Wildman–Crippen MR) is 94.4 cm³/mol. The number of nitrogens with one attached hydrogen (secondary N) is 1. The number of aliphatic carboxylic acids is 1. The van der Waals surface area contributed by atoms with E-state index in [1.165, 1.54) is 29.8 Å². The van der Waals surface area contributed by atoms with Crippen LogP contribution in [-0.4, -0.2) is 38.3 Å². The number of nitrogens with two attached hydrogens (primary N) is 1. The second-order valence-corrected chi connectivity index (χ2v) is 6.49. The van der Waals surface area contributed by atoms with E-state index < -0.39 is 23.6 Å². The van der Waals surface area contributed by atoms with Crippen molar-refractivity contribution in [1.29, 1.82) is 0 Å². The number of carbonyl (C=O) groups is 2. The molecule has 0 fully saturated rings. The summed E-state index contributed by atoms with van der Waals surface area (Å²) in [5.74, 6) is -2.05. The van der Waals surface area contributed by atoms with Gasteiger partial charge in [0.2, 0.25) is 5.91 Å². The number of thioether (sulfide) groups is 1. The molecular formula is C16H17FN4O4S. The zero-order valence-electron chi connectivity index (χ0n) is 13.8. The first-order chi connectivity index (χ1) is 12.3. The number of carboxylic acid groups (broad SMARTS) is 1. The zero-order valence-corrected chi connectivity index (χ0v) is 14.6. The quantitative estimate of drug-likeness (QED) is 0.603. The van der Waals surface area contributed by atoms with Crippen LogP contribution in [0.4, 0.5) is 10.2 Å². The van der Waals surface area contributed by atoms with Crippen LogP contribution in [0.5, 0.6) is 0 Å². The minimum absolute atomic E-state index is 0.00947. The summed E-state index contributed by atoms with van der Waals surface area (Å²) in [6.07, 6.45) is 1.46. The molecule has 138 valence electrons. The van der Waals surface area contributed by atoms with Crippen molar-refractivity contribution in [3.63, 3.8) is 0 Å². The summed E-state index contributed by atoms with van der Waals surface area (Å²) in [6.45, 7) is 1.38. The number of carbonyl (C=O) groups excluding carboxylic acids is 1. The lowest BCUT2D eigenvalue weighted by Crippen LogP contribution is -2.41. The van der Waals surface area contributed by atoms with Gasteiger partial charge in [0.15, 0.2) is 0 Å². The van der Waals surface area contributed by atoms with Crippen molar-refractivity contribution in [2.75, 3.05) is 11.5 Å². The molecular weight excluding hydrogens is 363 g/mol. The van der Waals surface area contributed by atoms with Gasteiger partial charge < -0.3 is 16.2 Å². The maximum absolute atomic E-state index is 13.0. The highest BCUT2D eigenvalue weighted by molar-refractivity contribution is 7.99. The number of hydrogen-bond donors (Lipinski definition) is 3. The minimum Gasteiger partial charge on any atom is -0.480 e. The highest BCUT2D eigenvalue weighted by Crippen LogP contribution is 2.23. The maximum atomic E-state index is 13.0. The molecule has 8 nitrogen and oxygen atoms in total. The molecule has 1 aromatic heterocycles. The third-order valence-electron chi connectivity index (χ3n) is 3.33. The number of nitrogen functional groups attached to an aromatic ring is 1. The van der Waals surface area contributed by atoms with Crippen LogP contribution in [0.1, 0.15) is 12.5 Å². The summed E-state index contributed by atoms with van der Waals surface area (Å²) in [5.41, 5.74) is 5.85. The van der Waals surface area contributed by atoms with Crippen LogP contribution in [0, 0.1) is 5.82 Å². The van der Waals surface area contributed by atoms with E-state index in [2.05, 4.69) is 10.3 Å². The Bertz CT molecular complexity index is 870. The van der Waals surface area contributed by atoms with E-state index >= 15 is 0 Å². The van der Waals surface area contributed by atoms with E-state index in [1.54, 1.807) is 12.1 Å². The first-order valence-corrected chi connectivity index (χ1v) is 8.49. The fourth-order valence-corrected chi connectivity index (χ4v) is 3.06. The van der Waals surface area contributed by atoms with Gasteiger partial charge in [-0.3, -0.25) is 9.36 Å². The third kappa shape index (κ3) is 5.31. The van der Waals surface area contributed by atoms with Gasteiger partial charge in [-0.05, 0) is 17.7 Å². The van der Waals surface area contributed by atoms with Crippen molar-refractivity contribution >= 4 is 29.5 Å².